The van der Waals surface area contributed by atoms with Crippen molar-refractivity contribution in [1.82, 2.24) is 24.7 Å². The Labute approximate surface area is 210 Å². The van der Waals surface area contributed by atoms with Crippen molar-refractivity contribution in [2.75, 3.05) is 0 Å². The third-order valence-corrected chi connectivity index (χ3v) is 5.07. The van der Waals surface area contributed by atoms with Gasteiger partial charge in [-0.05, 0) is 37.4 Å². The predicted molar refractivity (Wildman–Crippen MR) is 109 cm³/mol. The van der Waals surface area contributed by atoms with Gasteiger partial charge in [0.05, 0.1) is 17.1 Å². The van der Waals surface area contributed by atoms with Crippen LogP contribution >= 0.6 is 0 Å². The van der Waals surface area contributed by atoms with Crippen LogP contribution in [0.3, 0.4) is 0 Å². The van der Waals surface area contributed by atoms with E-state index in [-0.39, 0.29) is 38.1 Å². The number of aromatic nitrogens is 5. The van der Waals surface area contributed by atoms with Gasteiger partial charge in [0.15, 0.2) is 0 Å². The van der Waals surface area contributed by atoms with Crippen LogP contribution in [0.2, 0.25) is 0 Å². The zero-order valence-corrected chi connectivity index (χ0v) is 20.3. The summed E-state index contributed by atoms with van der Waals surface area (Å²) in [5.74, 6) is 0. The summed E-state index contributed by atoms with van der Waals surface area (Å²) in [5.41, 5.74) is -1.86. The summed E-state index contributed by atoms with van der Waals surface area (Å²) in [6, 6.07) is 14.5. The molecule has 12 heteroatoms. The molecule has 5 nitrogen and oxygen atoms in total. The Balaban J connectivity index is 0.00000342. The average Bonchev–Trinajstić information content (AvgIpc) is 3.30. The van der Waals surface area contributed by atoms with Crippen LogP contribution in [-0.2, 0) is 38.8 Å². The van der Waals surface area contributed by atoms with E-state index in [0.29, 0.717) is 11.4 Å². The summed E-state index contributed by atoms with van der Waals surface area (Å²) in [5, 5.41) is 4.38. The van der Waals surface area contributed by atoms with Crippen LogP contribution in [0.1, 0.15) is 36.6 Å². The van der Waals surface area contributed by atoms with Crippen molar-refractivity contribution in [2.24, 2.45) is 0 Å². The van der Waals surface area contributed by atoms with Crippen molar-refractivity contribution >= 4 is 0 Å². The molecule has 0 atom stereocenters. The van der Waals surface area contributed by atoms with E-state index in [1.165, 1.54) is 16.9 Å². The monoisotopic (exact) mass is 670 g/mol. The van der Waals surface area contributed by atoms with E-state index < -0.39 is 29.2 Å². The molecule has 0 aromatic carbocycles. The number of nitrogens with zero attached hydrogens (tertiary/aromatic N) is 5. The van der Waals surface area contributed by atoms with Crippen LogP contribution in [0.4, 0.5) is 26.3 Å². The summed E-state index contributed by atoms with van der Waals surface area (Å²) in [7, 11) is 0. The molecule has 4 heterocycles. The molecule has 0 saturated carbocycles. The average molecular weight is 670 g/mol. The Kier molecular flexibility index (Phi) is 7.22. The molecular formula is C23H15F6N5Pt. The van der Waals surface area contributed by atoms with Crippen LogP contribution in [0, 0.1) is 12.1 Å². The normalized spacial score (nSPS) is 12.3. The van der Waals surface area contributed by atoms with Crippen molar-refractivity contribution in [3.63, 3.8) is 0 Å². The maximum absolute atomic E-state index is 13.0. The minimum atomic E-state index is -4.61. The van der Waals surface area contributed by atoms with Crippen molar-refractivity contribution in [3.8, 4) is 17.1 Å². The Morgan fingerprint density at radius 1 is 0.800 bits per heavy atom. The third kappa shape index (κ3) is 5.61. The van der Waals surface area contributed by atoms with Gasteiger partial charge in [0.1, 0.15) is 0 Å². The minimum Gasteiger partial charge on any atom is -0.314 e. The van der Waals surface area contributed by atoms with Crippen LogP contribution in [0.15, 0.2) is 54.9 Å². The molecule has 0 fully saturated rings. The molecule has 184 valence electrons. The van der Waals surface area contributed by atoms with E-state index in [1.807, 2.05) is 0 Å². The van der Waals surface area contributed by atoms with Gasteiger partial charge in [-0.15, -0.1) is 11.8 Å². The fourth-order valence-corrected chi connectivity index (χ4v) is 3.18. The van der Waals surface area contributed by atoms with Crippen molar-refractivity contribution < 1.29 is 47.4 Å². The fraction of sp³-hybridized carbons (Fsp3) is 0.217. The maximum atomic E-state index is 13.0. The van der Waals surface area contributed by atoms with Gasteiger partial charge in [-0.2, -0.15) is 49.6 Å². The molecule has 4 aromatic heterocycles. The Bertz CT molecular complexity index is 1330. The Hall–Kier alpha value is -3.07. The van der Waals surface area contributed by atoms with E-state index in [0.717, 1.165) is 24.4 Å². The second-order valence-corrected chi connectivity index (χ2v) is 7.81. The molecule has 0 unspecified atom stereocenters. The van der Waals surface area contributed by atoms with Crippen LogP contribution < -0.4 is 0 Å². The number of rotatable bonds is 4. The number of pyridine rings is 3. The molecule has 0 amide bonds. The van der Waals surface area contributed by atoms with E-state index in [2.05, 4.69) is 32.2 Å². The number of hydrogen-bond donors (Lipinski definition) is 0. The summed E-state index contributed by atoms with van der Waals surface area (Å²) in [6.07, 6.45) is -6.81. The van der Waals surface area contributed by atoms with E-state index in [9.17, 15) is 26.3 Å². The quantitative estimate of drug-likeness (QED) is 0.207. The van der Waals surface area contributed by atoms with E-state index >= 15 is 0 Å². The Morgan fingerprint density at radius 2 is 1.51 bits per heavy atom. The predicted octanol–water partition coefficient (Wildman–Crippen LogP) is 5.69. The molecule has 0 aliphatic carbocycles. The van der Waals surface area contributed by atoms with Crippen LogP contribution in [0.5, 0.6) is 0 Å². The zero-order valence-electron chi connectivity index (χ0n) is 18.0. The molecule has 35 heavy (non-hydrogen) atoms. The summed E-state index contributed by atoms with van der Waals surface area (Å²) in [4.78, 5) is 11.4. The molecule has 4 aromatic rings. The largest absolute Gasteiger partial charge is 2.00 e. The number of hydrogen-bond acceptors (Lipinski definition) is 4. The standard InChI is InChI=1S/C23H15F6N5.Pt/c1-21(2,18-10-12-34(33-18)14-9-11-30-20(13-14)23(27,28)29)17-7-3-5-15(31-17)16-6-4-8-19(32-16)22(24,25)26;/h3-5,7-8,10-13H,1-2H3;/q-2;+2. The number of halogens is 6. The maximum Gasteiger partial charge on any atom is 2.00 e. The smallest absolute Gasteiger partial charge is 0.314 e. The minimum absolute atomic E-state index is 0. The summed E-state index contributed by atoms with van der Waals surface area (Å²) < 4.78 is 79.3. The molecule has 0 aliphatic rings. The van der Waals surface area contributed by atoms with Gasteiger partial charge >= 0.3 is 33.4 Å². The van der Waals surface area contributed by atoms with Gasteiger partial charge in [0.25, 0.3) is 0 Å². The molecule has 0 bridgehead atoms. The number of alkyl halides is 6. The van der Waals surface area contributed by atoms with Crippen molar-refractivity contribution in [1.29, 1.82) is 0 Å². The molecular weight excluding hydrogens is 655 g/mol. The first-order valence-corrected chi connectivity index (χ1v) is 9.81. The Morgan fingerprint density at radius 3 is 2.20 bits per heavy atom. The molecule has 0 saturated heterocycles. The van der Waals surface area contributed by atoms with Crippen molar-refractivity contribution in [3.05, 3.63) is 89.8 Å². The SMILES string of the molecule is CC(C)(c1cccc(-c2[c-]ccc(C(F)(F)F)n2)n1)c1ccn(-c2[c-]cnc(C(F)(F)F)c2)n1.[Pt+2]. The van der Waals surface area contributed by atoms with Gasteiger partial charge in [0.2, 0.25) is 0 Å². The van der Waals surface area contributed by atoms with Crippen molar-refractivity contribution in [2.45, 2.75) is 31.6 Å². The second-order valence-electron chi connectivity index (χ2n) is 7.81. The topological polar surface area (TPSA) is 56.5 Å². The first-order valence-electron chi connectivity index (χ1n) is 9.81. The second kappa shape index (κ2) is 9.53. The third-order valence-electron chi connectivity index (χ3n) is 5.07. The first kappa shape index (κ1) is 26.5. The van der Waals surface area contributed by atoms with E-state index in [1.54, 1.807) is 32.0 Å². The van der Waals surface area contributed by atoms with Gasteiger partial charge in [0, 0.05) is 17.3 Å². The molecule has 4 rings (SSSR count). The van der Waals surface area contributed by atoms with Gasteiger partial charge in [-0.1, -0.05) is 18.3 Å². The van der Waals surface area contributed by atoms with Crippen LogP contribution in [0.25, 0.3) is 17.1 Å². The molecule has 0 radical (unpaired) electrons. The summed E-state index contributed by atoms with van der Waals surface area (Å²) in [6.45, 7) is 3.57. The summed E-state index contributed by atoms with van der Waals surface area (Å²) >= 11 is 0. The van der Waals surface area contributed by atoms with Gasteiger partial charge in [-0.25, -0.2) is 6.07 Å². The van der Waals surface area contributed by atoms with Gasteiger partial charge < -0.3 is 4.98 Å². The van der Waals surface area contributed by atoms with Gasteiger partial charge in [-0.3, -0.25) is 14.6 Å². The fourth-order valence-electron chi connectivity index (χ4n) is 3.18. The molecule has 0 N–H and O–H groups in total. The first-order chi connectivity index (χ1) is 15.9. The van der Waals surface area contributed by atoms with E-state index in [4.69, 9.17) is 0 Å². The zero-order chi connectivity index (χ0) is 24.7. The molecule has 0 aliphatic heterocycles. The van der Waals surface area contributed by atoms with Crippen LogP contribution in [-0.4, -0.2) is 24.7 Å². The molecule has 0 spiro atoms.